The third kappa shape index (κ3) is 5.57. The van der Waals surface area contributed by atoms with E-state index in [2.05, 4.69) is 0 Å². The topological polar surface area (TPSA) is 0 Å². The van der Waals surface area contributed by atoms with Crippen LogP contribution in [-0.2, 0) is 0 Å². The maximum Gasteiger partial charge on any atom is -0.0266 e. The minimum absolute atomic E-state index is 0.771. The van der Waals surface area contributed by atoms with Crippen molar-refractivity contribution in [1.29, 1.82) is 0 Å². The van der Waals surface area contributed by atoms with Crippen LogP contribution < -0.4 is 0 Å². The highest BCUT2D eigenvalue weighted by atomic mass is 14.5. The van der Waals surface area contributed by atoms with Gasteiger partial charge in [0.2, 0.25) is 0 Å². The molecule has 4 saturated carbocycles. The normalized spacial score (nSPS) is 29.6. The molecule has 0 amide bonds. The highest BCUT2D eigenvalue weighted by Gasteiger charge is 2.42. The van der Waals surface area contributed by atoms with Gasteiger partial charge >= 0.3 is 0 Å². The van der Waals surface area contributed by atoms with Crippen LogP contribution in [0.15, 0.2) is 0 Å². The molecule has 4 aliphatic rings. The second-order valence-electron chi connectivity index (χ2n) is 11.7. The van der Waals surface area contributed by atoms with Crippen molar-refractivity contribution in [2.75, 3.05) is 0 Å². The Balaban J connectivity index is 1.44. The summed E-state index contributed by atoms with van der Waals surface area (Å²) in [7, 11) is 0. The van der Waals surface area contributed by atoms with Gasteiger partial charge in [0.05, 0.1) is 0 Å². The molecule has 1 atom stereocenters. The molecule has 28 heavy (non-hydrogen) atoms. The van der Waals surface area contributed by atoms with Crippen molar-refractivity contribution < 1.29 is 0 Å². The Morgan fingerprint density at radius 2 is 1.11 bits per heavy atom. The molecule has 0 saturated heterocycles. The van der Waals surface area contributed by atoms with Gasteiger partial charge in [-0.05, 0) is 67.6 Å². The molecular weight excluding hydrogens is 336 g/mol. The highest BCUT2D eigenvalue weighted by molar-refractivity contribution is 4.93. The molecule has 0 N–H and O–H groups in total. The molecule has 0 aromatic carbocycles. The summed E-state index contributed by atoms with van der Waals surface area (Å²) in [6.45, 7) is 0. The van der Waals surface area contributed by atoms with Crippen molar-refractivity contribution in [2.24, 2.45) is 29.1 Å². The average molecular weight is 387 g/mol. The SMILES string of the molecule is C1CCC(CCC(CC2(C3CCCCC3)CCCCC2)C2CCCCC2)CC1. The fraction of sp³-hybridized carbons (Fsp3) is 1.00. The molecule has 0 bridgehead atoms. The Labute approximate surface area is 177 Å². The second-order valence-corrected chi connectivity index (χ2v) is 11.7. The van der Waals surface area contributed by atoms with Gasteiger partial charge in [-0.1, -0.05) is 109 Å². The van der Waals surface area contributed by atoms with E-state index in [4.69, 9.17) is 0 Å². The van der Waals surface area contributed by atoms with E-state index < -0.39 is 0 Å². The summed E-state index contributed by atoms with van der Waals surface area (Å²) >= 11 is 0. The summed E-state index contributed by atoms with van der Waals surface area (Å²) < 4.78 is 0. The molecule has 0 heteroatoms. The molecule has 162 valence electrons. The Morgan fingerprint density at radius 3 is 1.75 bits per heavy atom. The van der Waals surface area contributed by atoms with E-state index in [9.17, 15) is 0 Å². The van der Waals surface area contributed by atoms with Gasteiger partial charge in [-0.2, -0.15) is 0 Å². The summed E-state index contributed by atoms with van der Waals surface area (Å²) in [5, 5.41) is 0. The number of rotatable bonds is 7. The van der Waals surface area contributed by atoms with E-state index in [0.29, 0.717) is 0 Å². The molecule has 0 nitrogen and oxygen atoms in total. The third-order valence-electron chi connectivity index (χ3n) is 9.98. The first kappa shape index (κ1) is 21.2. The van der Waals surface area contributed by atoms with Crippen LogP contribution in [0.2, 0.25) is 0 Å². The maximum atomic E-state index is 1.65. The fourth-order valence-corrected chi connectivity index (χ4v) is 8.31. The van der Waals surface area contributed by atoms with Gasteiger partial charge in [0, 0.05) is 0 Å². The molecule has 1 unspecified atom stereocenters. The monoisotopic (exact) mass is 386 g/mol. The van der Waals surface area contributed by atoms with Gasteiger partial charge in [-0.25, -0.2) is 0 Å². The van der Waals surface area contributed by atoms with E-state index in [1.54, 1.807) is 109 Å². The van der Waals surface area contributed by atoms with Gasteiger partial charge in [0.15, 0.2) is 0 Å². The van der Waals surface area contributed by atoms with Crippen LogP contribution in [0.1, 0.15) is 148 Å². The minimum atomic E-state index is 0.771. The largest absolute Gasteiger partial charge is 0.0533 e. The molecule has 0 heterocycles. The van der Waals surface area contributed by atoms with Crippen LogP contribution in [0.5, 0.6) is 0 Å². The van der Waals surface area contributed by atoms with Crippen LogP contribution >= 0.6 is 0 Å². The fourth-order valence-electron chi connectivity index (χ4n) is 8.31. The molecule has 0 aliphatic heterocycles. The number of hydrogen-bond donors (Lipinski definition) is 0. The molecular formula is C28H50. The van der Waals surface area contributed by atoms with E-state index in [-0.39, 0.29) is 0 Å². The van der Waals surface area contributed by atoms with E-state index >= 15 is 0 Å². The first-order valence-corrected chi connectivity index (χ1v) is 13.9. The third-order valence-corrected chi connectivity index (χ3v) is 9.98. The standard InChI is InChI=1S/C28H50/c1-5-13-24(14-6-1)19-20-26(25-15-7-2-8-16-25)23-28(21-11-4-12-22-28)27-17-9-3-10-18-27/h24-27H,1-23H2. The van der Waals surface area contributed by atoms with Gasteiger partial charge in [0.25, 0.3) is 0 Å². The van der Waals surface area contributed by atoms with Gasteiger partial charge in [0.1, 0.15) is 0 Å². The summed E-state index contributed by atoms with van der Waals surface area (Å²) in [5.41, 5.74) is 0.771. The molecule has 0 aromatic rings. The Kier molecular flexibility index (Phi) is 8.24. The predicted octanol–water partition coefficient (Wildman–Crippen LogP) is 9.46. The van der Waals surface area contributed by atoms with Gasteiger partial charge in [-0.3, -0.25) is 0 Å². The first-order valence-electron chi connectivity index (χ1n) is 13.9. The van der Waals surface area contributed by atoms with E-state index in [0.717, 1.165) is 29.1 Å². The van der Waals surface area contributed by atoms with Crippen molar-refractivity contribution in [3.63, 3.8) is 0 Å². The van der Waals surface area contributed by atoms with Crippen LogP contribution in [0.3, 0.4) is 0 Å². The summed E-state index contributed by atoms with van der Waals surface area (Å²) in [4.78, 5) is 0. The summed E-state index contributed by atoms with van der Waals surface area (Å²) in [5.74, 6) is 4.38. The predicted molar refractivity (Wildman–Crippen MR) is 123 cm³/mol. The lowest BCUT2D eigenvalue weighted by Gasteiger charge is -2.49. The Bertz CT molecular complexity index is 413. The van der Waals surface area contributed by atoms with Gasteiger partial charge < -0.3 is 0 Å². The molecule has 0 spiro atoms. The molecule has 4 rings (SSSR count). The molecule has 4 fully saturated rings. The highest BCUT2D eigenvalue weighted by Crippen LogP contribution is 2.54. The lowest BCUT2D eigenvalue weighted by atomic mass is 9.56. The molecule has 0 radical (unpaired) electrons. The van der Waals surface area contributed by atoms with Gasteiger partial charge in [-0.15, -0.1) is 0 Å². The Morgan fingerprint density at radius 1 is 0.571 bits per heavy atom. The van der Waals surface area contributed by atoms with Crippen molar-refractivity contribution in [1.82, 2.24) is 0 Å². The van der Waals surface area contributed by atoms with E-state index in [1.165, 1.54) is 38.5 Å². The van der Waals surface area contributed by atoms with E-state index in [1.807, 2.05) is 0 Å². The Hall–Kier alpha value is 0. The summed E-state index contributed by atoms with van der Waals surface area (Å²) in [6.07, 6.45) is 35.9. The smallest absolute Gasteiger partial charge is 0.0266 e. The van der Waals surface area contributed by atoms with Crippen LogP contribution in [-0.4, -0.2) is 0 Å². The number of hydrogen-bond acceptors (Lipinski definition) is 0. The van der Waals surface area contributed by atoms with Crippen molar-refractivity contribution >= 4 is 0 Å². The zero-order valence-corrected chi connectivity index (χ0v) is 19.1. The van der Waals surface area contributed by atoms with Crippen molar-refractivity contribution in [2.45, 2.75) is 148 Å². The zero-order valence-electron chi connectivity index (χ0n) is 19.1. The molecule has 4 aliphatic carbocycles. The quantitative estimate of drug-likeness (QED) is 0.408. The molecule has 0 aromatic heterocycles. The first-order chi connectivity index (χ1) is 13.9. The second kappa shape index (κ2) is 10.9. The lowest BCUT2D eigenvalue weighted by molar-refractivity contribution is 0.0200. The maximum absolute atomic E-state index is 1.65. The van der Waals surface area contributed by atoms with Crippen LogP contribution in [0.25, 0.3) is 0 Å². The van der Waals surface area contributed by atoms with Crippen molar-refractivity contribution in [3.05, 3.63) is 0 Å². The lowest BCUT2D eigenvalue weighted by Crippen LogP contribution is -2.38. The van der Waals surface area contributed by atoms with Crippen LogP contribution in [0, 0.1) is 29.1 Å². The minimum Gasteiger partial charge on any atom is -0.0533 e. The summed E-state index contributed by atoms with van der Waals surface area (Å²) in [6, 6.07) is 0. The average Bonchev–Trinajstić information content (AvgIpc) is 2.79. The van der Waals surface area contributed by atoms with Crippen LogP contribution in [0.4, 0.5) is 0 Å². The van der Waals surface area contributed by atoms with Crippen molar-refractivity contribution in [3.8, 4) is 0 Å². The zero-order chi connectivity index (χ0) is 19.1.